The van der Waals surface area contributed by atoms with E-state index >= 15 is 0 Å². The molecule has 248 valence electrons. The van der Waals surface area contributed by atoms with Crippen LogP contribution in [0.5, 0.6) is 0 Å². The fourth-order valence-corrected chi connectivity index (χ4v) is 11.9. The first-order valence-electron chi connectivity index (χ1n) is 13.2. The Morgan fingerprint density at radius 3 is 1.28 bits per heavy atom. The van der Waals surface area contributed by atoms with Crippen molar-refractivity contribution in [3.63, 3.8) is 0 Å². The minimum absolute atomic E-state index is 0.228. The van der Waals surface area contributed by atoms with E-state index in [2.05, 4.69) is 0 Å². The third-order valence-electron chi connectivity index (χ3n) is 7.56. The zero-order chi connectivity index (χ0) is 32.2. The van der Waals surface area contributed by atoms with Crippen LogP contribution in [-0.2, 0) is 35.6 Å². The smallest absolute Gasteiger partial charge is 0.199 e. The number of ether oxygens (including phenoxy) is 2. The molecule has 0 radical (unpaired) electrons. The van der Waals surface area contributed by atoms with Crippen LogP contribution < -0.4 is 0 Å². The Morgan fingerprint density at radius 1 is 0.605 bits per heavy atom. The first-order chi connectivity index (χ1) is 20.1. The Morgan fingerprint density at radius 2 is 0.953 bits per heavy atom. The lowest BCUT2D eigenvalue weighted by atomic mass is 9.90. The molecular weight excluding hydrogens is 685 g/mol. The van der Waals surface area contributed by atoms with Crippen molar-refractivity contribution in [1.82, 2.24) is 0 Å². The molecule has 0 aliphatic carbocycles. The number of rotatable bonds is 13. The highest BCUT2D eigenvalue weighted by Crippen LogP contribution is 2.43. The Balaban J connectivity index is 1.80. The Bertz CT molecular complexity index is 1120. The molecule has 43 heavy (non-hydrogen) atoms. The maximum Gasteiger partial charge on any atom is 0.199 e. The van der Waals surface area contributed by atoms with Crippen molar-refractivity contribution in [1.29, 1.82) is 0 Å². The second-order valence-electron chi connectivity index (χ2n) is 10.4. The normalized spacial score (nSPS) is 33.6. The number of aliphatic hydroxyl groups excluding tert-OH is 8. The van der Waals surface area contributed by atoms with Gasteiger partial charge in [0.25, 0.3) is 0 Å². The molecule has 2 fully saturated rings. The highest BCUT2D eigenvalue weighted by atomic mass is 33.1. The number of aliphatic hydroxyl groups is 8. The van der Waals surface area contributed by atoms with E-state index in [0.717, 1.165) is 72.0 Å². The minimum atomic E-state index is -3.32. The van der Waals surface area contributed by atoms with Gasteiger partial charge in [-0.3, -0.25) is 0 Å². The molecule has 1 aromatic rings. The van der Waals surface area contributed by atoms with Gasteiger partial charge in [-0.25, -0.2) is 8.42 Å². The maximum absolute atomic E-state index is 12.0. The zero-order valence-corrected chi connectivity index (χ0v) is 28.9. The van der Waals surface area contributed by atoms with Crippen molar-refractivity contribution in [2.24, 2.45) is 0 Å². The lowest BCUT2D eigenvalue weighted by molar-refractivity contribution is -0.205. The third kappa shape index (κ3) is 9.33. The van der Waals surface area contributed by atoms with Gasteiger partial charge >= 0.3 is 0 Å². The van der Waals surface area contributed by atoms with E-state index in [1.165, 1.54) is 21.6 Å². The van der Waals surface area contributed by atoms with E-state index in [1.807, 2.05) is 20.8 Å². The van der Waals surface area contributed by atoms with Gasteiger partial charge in [0.05, 0.1) is 13.2 Å². The molecule has 2 heterocycles. The summed E-state index contributed by atoms with van der Waals surface area (Å²) in [4.78, 5) is 0. The summed E-state index contributed by atoms with van der Waals surface area (Å²) in [5.41, 5.74) is 3.76. The molecule has 2 saturated heterocycles. The topological polar surface area (TPSA) is 214 Å². The van der Waals surface area contributed by atoms with Crippen molar-refractivity contribution >= 4 is 62.8 Å². The highest BCUT2D eigenvalue weighted by molar-refractivity contribution is 8.76. The average Bonchev–Trinajstić information content (AvgIpc) is 2.95. The van der Waals surface area contributed by atoms with Crippen LogP contribution in [0.1, 0.15) is 33.4 Å². The van der Waals surface area contributed by atoms with Crippen molar-refractivity contribution in [3.05, 3.63) is 33.4 Å². The fourth-order valence-electron chi connectivity index (χ4n) is 4.82. The van der Waals surface area contributed by atoms with E-state index < -0.39 is 81.8 Å². The third-order valence-corrected chi connectivity index (χ3v) is 14.9. The first-order valence-corrected chi connectivity index (χ1v) is 21.4. The van der Waals surface area contributed by atoms with Gasteiger partial charge in [-0.05, 0) is 64.9 Å². The van der Waals surface area contributed by atoms with Gasteiger partial charge in [0.2, 0.25) is 0 Å². The molecule has 0 bridgehead atoms. The van der Waals surface area contributed by atoms with Gasteiger partial charge in [-0.15, -0.1) is 0 Å². The van der Waals surface area contributed by atoms with Crippen LogP contribution in [0.4, 0.5) is 0 Å². The first kappa shape index (κ1) is 38.0. The van der Waals surface area contributed by atoms with Crippen LogP contribution in [0.15, 0.2) is 0 Å². The fraction of sp³-hybridized carbons (Fsp3) is 0.760. The second-order valence-corrected chi connectivity index (χ2v) is 19.8. The van der Waals surface area contributed by atoms with Gasteiger partial charge in [0.15, 0.2) is 8.87 Å². The lowest BCUT2D eigenvalue weighted by Crippen LogP contribution is -2.57. The molecular formula is C25H40O12S6. The van der Waals surface area contributed by atoms with Gasteiger partial charge in [-0.2, -0.15) is 0 Å². The summed E-state index contributed by atoms with van der Waals surface area (Å²) >= 11 is 0. The molecule has 2 aliphatic rings. The van der Waals surface area contributed by atoms with Crippen LogP contribution in [0.2, 0.25) is 0 Å². The monoisotopic (exact) mass is 724 g/mol. The standard InChI is InChI=1S/C25H40O12S6/c1-10-13(7-38-41-24-22(32)20(30)18(28)16(5-26)36-24)11(2)15(9-40-43(4,34)35)12(3)14(10)8-39-42-25-23(33)21(31)19(29)17(6-27)37-25/h16-33H,5-9H2,1-4H3/t16-,17-,18+,19+,20+,21+,22-,23-,24+,25+/m1/s1. The van der Waals surface area contributed by atoms with Crippen LogP contribution in [0.25, 0.3) is 0 Å². The molecule has 2 aliphatic heterocycles. The van der Waals surface area contributed by atoms with E-state index in [-0.39, 0.29) is 5.75 Å². The predicted molar refractivity (Wildman–Crippen MR) is 172 cm³/mol. The molecule has 18 heteroatoms. The van der Waals surface area contributed by atoms with Gasteiger partial charge < -0.3 is 50.3 Å². The molecule has 0 saturated carbocycles. The summed E-state index contributed by atoms with van der Waals surface area (Å²) in [6, 6.07) is 0. The SMILES string of the molecule is Cc1c(CSS[C@@H]2O[C@H](CO)[C@H](O)[C@H](O)[C@H]2O)c(C)c(CSS(C)(=O)=O)c(C)c1CSS[C@@H]1O[C@H](CO)[C@H](O)[C@H](O)[C@H]1O. The quantitative estimate of drug-likeness (QED) is 0.127. The van der Waals surface area contributed by atoms with Crippen LogP contribution in [-0.4, -0.2) is 128 Å². The summed E-state index contributed by atoms with van der Waals surface area (Å²) in [5.74, 6) is 1.10. The van der Waals surface area contributed by atoms with Crippen molar-refractivity contribution < 1.29 is 58.7 Å². The van der Waals surface area contributed by atoms with E-state index in [0.29, 0.717) is 11.5 Å². The molecule has 12 nitrogen and oxygen atoms in total. The summed E-state index contributed by atoms with van der Waals surface area (Å²) in [6.45, 7) is 4.76. The van der Waals surface area contributed by atoms with E-state index in [4.69, 9.17) is 9.47 Å². The molecule has 1 aromatic carbocycles. The Labute approximate surface area is 270 Å². The summed E-state index contributed by atoms with van der Waals surface area (Å²) < 4.78 is 35.2. The molecule has 10 atom stereocenters. The molecule has 3 rings (SSSR count). The average molecular weight is 725 g/mol. The number of hydrogen-bond acceptors (Lipinski definition) is 17. The van der Waals surface area contributed by atoms with E-state index in [9.17, 15) is 49.3 Å². The summed E-state index contributed by atoms with van der Waals surface area (Å²) in [7, 11) is 2.52. The van der Waals surface area contributed by atoms with Crippen LogP contribution >= 0.6 is 54.0 Å². The van der Waals surface area contributed by atoms with E-state index in [1.54, 1.807) is 0 Å². The van der Waals surface area contributed by atoms with Crippen LogP contribution in [0.3, 0.4) is 0 Å². The summed E-state index contributed by atoms with van der Waals surface area (Å²) in [6.07, 6.45) is -9.45. The largest absolute Gasteiger partial charge is 0.394 e. The van der Waals surface area contributed by atoms with Crippen molar-refractivity contribution in [2.75, 3.05) is 19.5 Å². The van der Waals surface area contributed by atoms with Gasteiger partial charge in [0, 0.05) is 23.5 Å². The Hall–Kier alpha value is 0.520. The zero-order valence-electron chi connectivity index (χ0n) is 24.0. The second kappa shape index (κ2) is 16.6. The van der Waals surface area contributed by atoms with Gasteiger partial charge in [-0.1, -0.05) is 43.2 Å². The molecule has 0 unspecified atom stereocenters. The van der Waals surface area contributed by atoms with Gasteiger partial charge in [0.1, 0.15) is 59.7 Å². The Kier molecular flexibility index (Phi) is 14.6. The predicted octanol–water partition coefficient (Wildman–Crippen LogP) is 0.167. The van der Waals surface area contributed by atoms with Crippen LogP contribution in [0, 0.1) is 20.8 Å². The maximum atomic E-state index is 12.0. The molecule has 8 N–H and O–H groups in total. The highest BCUT2D eigenvalue weighted by Gasteiger charge is 2.45. The minimum Gasteiger partial charge on any atom is -0.394 e. The molecule has 0 aromatic heterocycles. The molecule has 0 amide bonds. The number of hydrogen-bond donors (Lipinski definition) is 8. The summed E-state index contributed by atoms with van der Waals surface area (Å²) in [5, 5.41) is 80.1. The van der Waals surface area contributed by atoms with Crippen molar-refractivity contribution in [2.45, 2.75) is 97.7 Å². The van der Waals surface area contributed by atoms with Crippen molar-refractivity contribution in [3.8, 4) is 0 Å². The molecule has 0 spiro atoms. The number of benzene rings is 1. The lowest BCUT2D eigenvalue weighted by Gasteiger charge is -2.39.